The molecule has 0 unspecified atom stereocenters. The van der Waals surface area contributed by atoms with Gasteiger partial charge in [-0.15, -0.1) is 0 Å². The highest BCUT2D eigenvalue weighted by atomic mass is 15.2. The number of nitrogens with zero attached hydrogens (tertiary/aromatic N) is 5. The minimum atomic E-state index is -0.588. The molecular weight excluding hydrogens is 430 g/mol. The van der Waals surface area contributed by atoms with Crippen LogP contribution in [-0.4, -0.2) is 32.6 Å². The van der Waals surface area contributed by atoms with E-state index in [9.17, 15) is 0 Å². The zero-order valence-electron chi connectivity index (χ0n) is 19.5. The van der Waals surface area contributed by atoms with Crippen molar-refractivity contribution in [3.63, 3.8) is 0 Å². The summed E-state index contributed by atoms with van der Waals surface area (Å²) in [5, 5.41) is 0. The Morgan fingerprint density at radius 2 is 1.17 bits per heavy atom. The van der Waals surface area contributed by atoms with Crippen LogP contribution in [0.25, 0.3) is 11.4 Å². The number of benzene rings is 3. The molecule has 0 spiro atoms. The molecule has 5 nitrogen and oxygen atoms in total. The first-order valence-corrected chi connectivity index (χ1v) is 12.1. The van der Waals surface area contributed by atoms with Crippen LogP contribution in [0.1, 0.15) is 29.5 Å². The Hall–Kier alpha value is -4.25. The smallest absolute Gasteiger partial charge is 0.147 e. The molecule has 5 heteroatoms. The number of anilines is 1. The predicted molar refractivity (Wildman–Crippen MR) is 139 cm³/mol. The summed E-state index contributed by atoms with van der Waals surface area (Å²) < 4.78 is 2.21. The molecule has 5 aromatic rings. The van der Waals surface area contributed by atoms with Crippen molar-refractivity contribution < 1.29 is 0 Å². The van der Waals surface area contributed by atoms with E-state index in [1.54, 1.807) is 0 Å². The van der Waals surface area contributed by atoms with Crippen LogP contribution >= 0.6 is 0 Å². The molecule has 0 bridgehead atoms. The van der Waals surface area contributed by atoms with Crippen LogP contribution in [0.3, 0.4) is 0 Å². The number of rotatable bonds is 6. The minimum absolute atomic E-state index is 0.588. The number of hydrogen-bond donors (Lipinski definition) is 0. The zero-order chi connectivity index (χ0) is 23.5. The van der Waals surface area contributed by atoms with E-state index in [1.807, 2.05) is 18.7 Å². The first-order valence-electron chi connectivity index (χ1n) is 12.1. The van der Waals surface area contributed by atoms with Crippen molar-refractivity contribution in [3.05, 3.63) is 133 Å². The lowest BCUT2D eigenvalue weighted by atomic mass is 9.77. The number of imidazole rings is 1. The molecule has 0 aliphatic carbocycles. The molecule has 172 valence electrons. The third-order valence-electron chi connectivity index (χ3n) is 6.86. The topological polar surface area (TPSA) is 46.8 Å². The van der Waals surface area contributed by atoms with Crippen molar-refractivity contribution in [1.82, 2.24) is 19.5 Å². The van der Waals surface area contributed by atoms with E-state index in [4.69, 9.17) is 9.97 Å². The van der Waals surface area contributed by atoms with Crippen LogP contribution in [0.5, 0.6) is 0 Å². The molecule has 1 aliphatic rings. The van der Waals surface area contributed by atoms with Gasteiger partial charge >= 0.3 is 0 Å². The molecule has 3 aromatic carbocycles. The molecule has 0 saturated carbocycles. The maximum atomic E-state index is 4.93. The molecule has 1 fully saturated rings. The van der Waals surface area contributed by atoms with E-state index in [2.05, 4.69) is 112 Å². The minimum Gasteiger partial charge on any atom is -0.355 e. The molecule has 0 atom stereocenters. The molecule has 1 saturated heterocycles. The lowest BCUT2D eigenvalue weighted by Gasteiger charge is -2.37. The third kappa shape index (κ3) is 3.79. The second kappa shape index (κ2) is 9.18. The summed E-state index contributed by atoms with van der Waals surface area (Å²) in [4.78, 5) is 16.6. The van der Waals surface area contributed by atoms with Crippen molar-refractivity contribution in [2.75, 3.05) is 18.0 Å². The van der Waals surface area contributed by atoms with Crippen LogP contribution in [0.4, 0.5) is 5.82 Å². The van der Waals surface area contributed by atoms with E-state index in [0.29, 0.717) is 0 Å². The Morgan fingerprint density at radius 1 is 0.629 bits per heavy atom. The predicted octanol–water partition coefficient (Wildman–Crippen LogP) is 5.78. The average molecular weight is 458 g/mol. The van der Waals surface area contributed by atoms with Gasteiger partial charge in [0.25, 0.3) is 0 Å². The molecule has 3 heterocycles. The molecule has 0 radical (unpaired) electrons. The van der Waals surface area contributed by atoms with Gasteiger partial charge in [-0.1, -0.05) is 91.0 Å². The molecular formula is C30H27N5. The van der Waals surface area contributed by atoms with Crippen molar-refractivity contribution in [2.45, 2.75) is 18.4 Å². The molecule has 6 rings (SSSR count). The fraction of sp³-hybridized carbons (Fsp3) is 0.167. The van der Waals surface area contributed by atoms with E-state index >= 15 is 0 Å². The fourth-order valence-electron chi connectivity index (χ4n) is 5.20. The van der Waals surface area contributed by atoms with Crippen molar-refractivity contribution >= 4 is 5.82 Å². The monoisotopic (exact) mass is 457 g/mol. The Kier molecular flexibility index (Phi) is 5.59. The van der Waals surface area contributed by atoms with Crippen LogP contribution in [0.15, 0.2) is 116 Å². The molecule has 35 heavy (non-hydrogen) atoms. The highest BCUT2D eigenvalue weighted by molar-refractivity contribution is 5.57. The van der Waals surface area contributed by atoms with E-state index < -0.39 is 5.54 Å². The largest absolute Gasteiger partial charge is 0.355 e. The quantitative estimate of drug-likeness (QED) is 0.303. The Balaban J connectivity index is 1.54. The van der Waals surface area contributed by atoms with E-state index in [-0.39, 0.29) is 0 Å². The van der Waals surface area contributed by atoms with Gasteiger partial charge in [0, 0.05) is 19.3 Å². The Morgan fingerprint density at radius 3 is 1.71 bits per heavy atom. The van der Waals surface area contributed by atoms with Gasteiger partial charge in [-0.25, -0.2) is 9.97 Å². The molecule has 1 aliphatic heterocycles. The van der Waals surface area contributed by atoms with Crippen LogP contribution in [0, 0.1) is 0 Å². The summed E-state index contributed by atoms with van der Waals surface area (Å²) in [6.45, 7) is 2.07. The van der Waals surface area contributed by atoms with Gasteiger partial charge in [0.2, 0.25) is 0 Å². The SMILES string of the molecule is c1ccc(C(c2ccccc2)(c2ccccc2)n2cnc(-c3cncc(N4CCCC4)n3)c2)cc1. The highest BCUT2D eigenvalue weighted by Crippen LogP contribution is 2.41. The van der Waals surface area contributed by atoms with Crippen molar-refractivity contribution in [2.24, 2.45) is 0 Å². The first-order chi connectivity index (χ1) is 17.4. The maximum Gasteiger partial charge on any atom is 0.147 e. The average Bonchev–Trinajstić information content (AvgIpc) is 3.65. The number of hydrogen-bond acceptors (Lipinski definition) is 4. The second-order valence-corrected chi connectivity index (χ2v) is 8.93. The van der Waals surface area contributed by atoms with E-state index in [0.717, 1.165) is 30.3 Å². The lowest BCUT2D eigenvalue weighted by molar-refractivity contribution is 0.515. The summed E-state index contributed by atoms with van der Waals surface area (Å²) in [7, 11) is 0. The molecule has 0 N–H and O–H groups in total. The van der Waals surface area contributed by atoms with Crippen LogP contribution in [-0.2, 0) is 5.54 Å². The zero-order valence-corrected chi connectivity index (χ0v) is 19.5. The third-order valence-corrected chi connectivity index (χ3v) is 6.86. The fourth-order valence-corrected chi connectivity index (χ4v) is 5.20. The second-order valence-electron chi connectivity index (χ2n) is 8.93. The maximum absolute atomic E-state index is 4.93. The van der Waals surface area contributed by atoms with E-state index in [1.165, 1.54) is 29.5 Å². The lowest BCUT2D eigenvalue weighted by Crippen LogP contribution is -2.36. The van der Waals surface area contributed by atoms with Crippen molar-refractivity contribution in [3.8, 4) is 11.4 Å². The summed E-state index contributed by atoms with van der Waals surface area (Å²) in [6, 6.07) is 31.9. The first kappa shape index (κ1) is 21.3. The summed E-state index contributed by atoms with van der Waals surface area (Å²) in [6.07, 6.45) is 10.1. The summed E-state index contributed by atoms with van der Waals surface area (Å²) >= 11 is 0. The van der Waals surface area contributed by atoms with Gasteiger partial charge in [0.1, 0.15) is 22.7 Å². The summed E-state index contributed by atoms with van der Waals surface area (Å²) in [5.74, 6) is 0.926. The van der Waals surface area contributed by atoms with Gasteiger partial charge in [-0.05, 0) is 29.5 Å². The van der Waals surface area contributed by atoms with Crippen LogP contribution < -0.4 is 4.90 Å². The van der Waals surface area contributed by atoms with Gasteiger partial charge in [0.15, 0.2) is 0 Å². The van der Waals surface area contributed by atoms with Gasteiger partial charge < -0.3 is 9.47 Å². The van der Waals surface area contributed by atoms with Gasteiger partial charge in [-0.3, -0.25) is 4.98 Å². The standard InChI is InChI=1S/C30H27N5/c1-4-12-24(13-5-1)30(25-14-6-2-7-15-25,26-16-8-3-9-17-26)35-22-28(32-23-35)27-20-31-21-29(33-27)34-18-10-11-19-34/h1-9,12-17,20-23H,10-11,18-19H2. The highest BCUT2D eigenvalue weighted by Gasteiger charge is 2.38. The van der Waals surface area contributed by atoms with Crippen LogP contribution in [0.2, 0.25) is 0 Å². The summed E-state index contributed by atoms with van der Waals surface area (Å²) in [5.41, 5.74) is 4.51. The number of aromatic nitrogens is 4. The van der Waals surface area contributed by atoms with Gasteiger partial charge in [-0.2, -0.15) is 0 Å². The Bertz CT molecular complexity index is 1290. The van der Waals surface area contributed by atoms with Gasteiger partial charge in [0.05, 0.1) is 18.7 Å². The van der Waals surface area contributed by atoms with Crippen molar-refractivity contribution in [1.29, 1.82) is 0 Å². The normalized spacial score (nSPS) is 13.8. The Labute approximate surface area is 205 Å². The molecule has 2 aromatic heterocycles. The molecule has 0 amide bonds.